The summed E-state index contributed by atoms with van der Waals surface area (Å²) >= 11 is 3.69. The second-order valence-electron chi connectivity index (χ2n) is 19.5. The van der Waals surface area contributed by atoms with Crippen LogP contribution >= 0.6 is 22.7 Å². The van der Waals surface area contributed by atoms with Gasteiger partial charge in [-0.2, -0.15) is 15.0 Å². The maximum absolute atomic E-state index is 5.61. The number of rotatable bonds is 7. The highest BCUT2D eigenvalue weighted by Crippen LogP contribution is 2.43. The minimum absolute atomic E-state index is 0.535. The van der Waals surface area contributed by atoms with E-state index < -0.39 is 0 Å². The van der Waals surface area contributed by atoms with Crippen molar-refractivity contribution < 1.29 is 0 Å². The van der Waals surface area contributed by atoms with Crippen LogP contribution in [0.1, 0.15) is 0 Å². The van der Waals surface area contributed by atoms with Gasteiger partial charge in [0, 0.05) is 67.5 Å². The maximum Gasteiger partial charge on any atom is 0.240 e. The van der Waals surface area contributed by atoms with Crippen molar-refractivity contribution in [2.75, 3.05) is 0 Å². The number of fused-ring (bicyclic) bond motifs is 12. The van der Waals surface area contributed by atoms with Gasteiger partial charge in [0.1, 0.15) is 0 Å². The van der Waals surface area contributed by atoms with Crippen LogP contribution < -0.4 is 0 Å². The smallest absolute Gasteiger partial charge is 0.240 e. The molecule has 0 atom stereocenters. The molecule has 7 heteroatoms. The lowest BCUT2D eigenvalue weighted by molar-refractivity contribution is 0.893. The molecule has 16 rings (SSSR count). The Labute approximate surface area is 444 Å². The van der Waals surface area contributed by atoms with Crippen molar-refractivity contribution in [2.45, 2.75) is 0 Å². The first-order valence-electron chi connectivity index (χ1n) is 25.6. The molecular weight excluding hydrogens is 963 g/mol. The molecule has 0 aliphatic carbocycles. The number of hydrogen-bond donors (Lipinski definition) is 0. The van der Waals surface area contributed by atoms with E-state index in [1.807, 2.05) is 22.7 Å². The molecule has 0 aliphatic heterocycles. The average Bonchev–Trinajstić information content (AvgIpc) is 4.30. The van der Waals surface area contributed by atoms with Gasteiger partial charge in [-0.05, 0) is 123 Å². The summed E-state index contributed by atoms with van der Waals surface area (Å²) in [5.74, 6) is 1.65. The van der Waals surface area contributed by atoms with Gasteiger partial charge in [-0.3, -0.25) is 9.13 Å². The van der Waals surface area contributed by atoms with Crippen LogP contribution in [0.25, 0.3) is 152 Å². The molecule has 0 aliphatic rings. The third kappa shape index (κ3) is 6.80. The fraction of sp³-hybridized carbons (Fsp3) is 0. The van der Waals surface area contributed by atoms with Gasteiger partial charge in [-0.1, -0.05) is 170 Å². The molecule has 0 spiro atoms. The lowest BCUT2D eigenvalue weighted by atomic mass is 9.94. The van der Waals surface area contributed by atoms with Crippen LogP contribution in [-0.2, 0) is 0 Å². The number of benzene rings is 11. The summed E-state index contributed by atoms with van der Waals surface area (Å²) in [5, 5.41) is 9.65. The highest BCUT2D eigenvalue weighted by molar-refractivity contribution is 7.26. The third-order valence-electron chi connectivity index (χ3n) is 15.2. The first kappa shape index (κ1) is 42.9. The van der Waals surface area contributed by atoms with Crippen molar-refractivity contribution in [1.29, 1.82) is 0 Å². The summed E-state index contributed by atoms with van der Waals surface area (Å²) < 4.78 is 9.66. The number of para-hydroxylation sites is 2. The van der Waals surface area contributed by atoms with E-state index in [0.717, 1.165) is 82.6 Å². The van der Waals surface area contributed by atoms with Gasteiger partial charge < -0.3 is 0 Å². The summed E-state index contributed by atoms with van der Waals surface area (Å²) in [7, 11) is 0. The molecule has 0 amide bonds. The van der Waals surface area contributed by atoms with E-state index in [1.54, 1.807) is 0 Å². The zero-order valence-corrected chi connectivity index (χ0v) is 42.4. The van der Waals surface area contributed by atoms with E-state index in [1.165, 1.54) is 51.5 Å². The number of thiophene rings is 2. The lowest BCUT2D eigenvalue weighted by Gasteiger charge is -2.16. The van der Waals surface area contributed by atoms with Crippen LogP contribution in [0, 0.1) is 0 Å². The Balaban J connectivity index is 0.940. The zero-order valence-electron chi connectivity index (χ0n) is 40.7. The molecule has 5 nitrogen and oxygen atoms in total. The van der Waals surface area contributed by atoms with Crippen LogP contribution in [0.2, 0.25) is 0 Å². The standard InChI is InChI=1S/C69H41N5S2/c1-3-15-42(16-4-1)44-27-32-49(43-17-5-2-6-18-43)58(41-44)67-70-68(73-59-23-11-7-19-50(59)54-37-45(28-33-61(54)73)47-30-35-65-56(39-47)52-21-9-13-25-63(52)75-65)72-69(71-67)74-60-24-12-8-20-51(60)55-38-46(29-34-62(55)74)48-31-36-66-57(40-48)53-22-10-14-26-64(53)76-66/h1-41H. The quantitative estimate of drug-likeness (QED) is 0.160. The Hall–Kier alpha value is -9.53. The highest BCUT2D eigenvalue weighted by Gasteiger charge is 2.23. The summed E-state index contributed by atoms with van der Waals surface area (Å²) in [6, 6.07) is 89.9. The topological polar surface area (TPSA) is 48.5 Å². The van der Waals surface area contributed by atoms with E-state index >= 15 is 0 Å². The molecule has 0 radical (unpaired) electrons. The molecule has 5 aromatic heterocycles. The fourth-order valence-electron chi connectivity index (χ4n) is 11.6. The second-order valence-corrected chi connectivity index (χ2v) is 21.7. The molecule has 0 saturated heterocycles. The first-order chi connectivity index (χ1) is 37.6. The summed E-state index contributed by atoms with van der Waals surface area (Å²) in [6.07, 6.45) is 0. The van der Waals surface area contributed by atoms with E-state index in [0.29, 0.717) is 17.7 Å². The number of hydrogen-bond acceptors (Lipinski definition) is 5. The van der Waals surface area contributed by atoms with Crippen LogP contribution in [0.3, 0.4) is 0 Å². The van der Waals surface area contributed by atoms with E-state index in [-0.39, 0.29) is 0 Å². The monoisotopic (exact) mass is 1000 g/mol. The Kier molecular flexibility index (Phi) is 9.61. The molecule has 76 heavy (non-hydrogen) atoms. The molecule has 11 aromatic carbocycles. The molecule has 0 saturated carbocycles. The maximum atomic E-state index is 5.61. The Morgan fingerprint density at radius 3 is 1.14 bits per heavy atom. The normalized spacial score (nSPS) is 11.9. The van der Waals surface area contributed by atoms with Gasteiger partial charge in [0.15, 0.2) is 5.82 Å². The van der Waals surface area contributed by atoms with Crippen LogP contribution in [0.4, 0.5) is 0 Å². The zero-order chi connectivity index (χ0) is 49.8. The van der Waals surface area contributed by atoms with Gasteiger partial charge in [0.25, 0.3) is 0 Å². The molecule has 0 fully saturated rings. The number of nitrogens with zero attached hydrogens (tertiary/aromatic N) is 5. The van der Waals surface area contributed by atoms with Crippen LogP contribution in [-0.4, -0.2) is 24.1 Å². The molecule has 16 aromatic rings. The first-order valence-corrected chi connectivity index (χ1v) is 27.2. The molecule has 354 valence electrons. The second kappa shape index (κ2) is 17.0. The van der Waals surface area contributed by atoms with E-state index in [2.05, 4.69) is 258 Å². The highest BCUT2D eigenvalue weighted by atomic mass is 32.1. The predicted octanol–water partition coefficient (Wildman–Crippen LogP) is 19.1. The lowest BCUT2D eigenvalue weighted by Crippen LogP contribution is -2.10. The Morgan fingerprint density at radius 1 is 0.237 bits per heavy atom. The van der Waals surface area contributed by atoms with Crippen molar-refractivity contribution in [1.82, 2.24) is 24.1 Å². The van der Waals surface area contributed by atoms with Crippen molar-refractivity contribution in [3.05, 3.63) is 249 Å². The summed E-state index contributed by atoms with van der Waals surface area (Å²) in [4.78, 5) is 16.8. The molecular formula is C69H41N5S2. The largest absolute Gasteiger partial charge is 0.278 e. The van der Waals surface area contributed by atoms with Crippen molar-refractivity contribution in [3.8, 4) is 67.8 Å². The van der Waals surface area contributed by atoms with Gasteiger partial charge in [0.2, 0.25) is 11.9 Å². The Bertz CT molecular complexity index is 4750. The minimum atomic E-state index is 0.535. The van der Waals surface area contributed by atoms with Gasteiger partial charge in [-0.15, -0.1) is 22.7 Å². The van der Waals surface area contributed by atoms with Crippen molar-refractivity contribution >= 4 is 107 Å². The van der Waals surface area contributed by atoms with E-state index in [9.17, 15) is 0 Å². The molecule has 5 heterocycles. The fourth-order valence-corrected chi connectivity index (χ4v) is 13.8. The molecule has 0 N–H and O–H groups in total. The van der Waals surface area contributed by atoms with Crippen LogP contribution in [0.5, 0.6) is 0 Å². The number of aromatic nitrogens is 5. The predicted molar refractivity (Wildman–Crippen MR) is 321 cm³/mol. The molecule has 0 bridgehead atoms. The van der Waals surface area contributed by atoms with Crippen LogP contribution in [0.15, 0.2) is 249 Å². The summed E-state index contributed by atoms with van der Waals surface area (Å²) in [5.41, 5.74) is 14.0. The molecule has 0 unspecified atom stereocenters. The van der Waals surface area contributed by atoms with Gasteiger partial charge in [0.05, 0.1) is 22.1 Å². The summed E-state index contributed by atoms with van der Waals surface area (Å²) in [6.45, 7) is 0. The van der Waals surface area contributed by atoms with Gasteiger partial charge in [-0.25, -0.2) is 0 Å². The van der Waals surface area contributed by atoms with Crippen molar-refractivity contribution in [3.63, 3.8) is 0 Å². The van der Waals surface area contributed by atoms with Gasteiger partial charge >= 0.3 is 0 Å². The van der Waals surface area contributed by atoms with E-state index in [4.69, 9.17) is 15.0 Å². The third-order valence-corrected chi connectivity index (χ3v) is 17.5. The Morgan fingerprint density at radius 2 is 0.618 bits per heavy atom. The SMILES string of the molecule is c1ccc(-c2ccc(-c3ccccc3)c(-c3nc(-n4c5ccccc5c5cc(-c6ccc7sc8ccccc8c7c6)ccc54)nc(-n4c5ccccc5c5cc(-c6ccc7sc8ccccc8c7c6)ccc54)n3)c2)cc1. The van der Waals surface area contributed by atoms with Crippen molar-refractivity contribution in [2.24, 2.45) is 0 Å². The minimum Gasteiger partial charge on any atom is -0.278 e. The average molecular weight is 1000 g/mol.